The van der Waals surface area contributed by atoms with E-state index >= 15 is 0 Å². The molecule has 1 aromatic heterocycles. The first-order valence-electron chi connectivity index (χ1n) is 3.90. The molecule has 0 aromatic carbocycles. The van der Waals surface area contributed by atoms with Crippen LogP contribution in [0.5, 0.6) is 0 Å². The molecule has 1 aromatic rings. The minimum atomic E-state index is 0.845. The Kier molecular flexibility index (Phi) is 2.55. The Balaban J connectivity index is 3.14. The molecular formula is C8H13ClN2. The van der Waals surface area contributed by atoms with Crippen LogP contribution in [0.2, 0.25) is 5.02 Å². The Bertz CT molecular complexity index is 253. The predicted octanol–water partition coefficient (Wildman–Crippen LogP) is 2.20. The number of hydrogen-bond acceptors (Lipinski definition) is 1. The van der Waals surface area contributed by atoms with Gasteiger partial charge in [-0.2, -0.15) is 5.10 Å². The van der Waals surface area contributed by atoms with E-state index in [0.717, 1.165) is 29.3 Å². The molecule has 3 heteroatoms. The summed E-state index contributed by atoms with van der Waals surface area (Å²) in [6, 6.07) is 0. The highest BCUT2D eigenvalue weighted by Crippen LogP contribution is 2.20. The third-order valence-corrected chi connectivity index (χ3v) is 2.27. The molecule has 0 saturated carbocycles. The van der Waals surface area contributed by atoms with Crippen LogP contribution < -0.4 is 0 Å². The van der Waals surface area contributed by atoms with E-state index in [1.54, 1.807) is 0 Å². The highest BCUT2D eigenvalue weighted by molar-refractivity contribution is 6.31. The first-order chi connectivity index (χ1) is 5.20. The molecule has 11 heavy (non-hydrogen) atoms. The summed E-state index contributed by atoms with van der Waals surface area (Å²) < 4.78 is 1.86. The molecule has 0 aliphatic rings. The average molecular weight is 173 g/mol. The number of nitrogens with zero attached hydrogens (tertiary/aromatic N) is 2. The first kappa shape index (κ1) is 8.60. The molecule has 0 fully saturated rings. The third kappa shape index (κ3) is 1.41. The predicted molar refractivity (Wildman–Crippen MR) is 47.0 cm³/mol. The van der Waals surface area contributed by atoms with Crippen LogP contribution in [0.3, 0.4) is 0 Å². The Morgan fingerprint density at radius 1 is 1.36 bits per heavy atom. The number of aryl methyl sites for hydroxylation is 2. The fourth-order valence-corrected chi connectivity index (χ4v) is 1.63. The van der Waals surface area contributed by atoms with Gasteiger partial charge in [0.05, 0.1) is 16.4 Å². The Hall–Kier alpha value is -0.500. The summed E-state index contributed by atoms with van der Waals surface area (Å²) in [5.74, 6) is 0. The molecule has 0 N–H and O–H groups in total. The van der Waals surface area contributed by atoms with Gasteiger partial charge in [0.15, 0.2) is 0 Å². The molecule has 0 radical (unpaired) electrons. The minimum Gasteiger partial charge on any atom is -0.271 e. The van der Waals surface area contributed by atoms with Gasteiger partial charge in [0.25, 0.3) is 0 Å². The van der Waals surface area contributed by atoms with E-state index in [0.29, 0.717) is 0 Å². The molecule has 0 aliphatic heterocycles. The highest BCUT2D eigenvalue weighted by atomic mass is 35.5. The van der Waals surface area contributed by atoms with Crippen LogP contribution in [-0.2, 0) is 19.9 Å². The van der Waals surface area contributed by atoms with Crippen LogP contribution in [0, 0.1) is 0 Å². The Morgan fingerprint density at radius 2 is 2.00 bits per heavy atom. The van der Waals surface area contributed by atoms with Gasteiger partial charge < -0.3 is 0 Å². The summed E-state index contributed by atoms with van der Waals surface area (Å²) in [6.07, 6.45) is 1.86. The number of aromatic nitrogens is 2. The number of halogens is 1. The van der Waals surface area contributed by atoms with E-state index in [4.69, 9.17) is 11.6 Å². The van der Waals surface area contributed by atoms with Crippen LogP contribution in [0.25, 0.3) is 0 Å². The van der Waals surface area contributed by atoms with Crippen LogP contribution >= 0.6 is 11.6 Å². The molecule has 0 unspecified atom stereocenters. The zero-order valence-corrected chi connectivity index (χ0v) is 7.94. The zero-order chi connectivity index (χ0) is 8.43. The summed E-state index contributed by atoms with van der Waals surface area (Å²) in [5.41, 5.74) is 2.13. The quantitative estimate of drug-likeness (QED) is 0.669. The van der Waals surface area contributed by atoms with E-state index in [1.807, 2.05) is 11.7 Å². The number of hydrogen-bond donors (Lipinski definition) is 0. The largest absolute Gasteiger partial charge is 0.271 e. The molecule has 1 heterocycles. The lowest BCUT2D eigenvalue weighted by atomic mass is 10.2. The average Bonchev–Trinajstić information content (AvgIpc) is 2.26. The summed E-state index contributed by atoms with van der Waals surface area (Å²) >= 11 is 6.05. The van der Waals surface area contributed by atoms with Crippen molar-refractivity contribution in [2.24, 2.45) is 7.05 Å². The second-order valence-electron chi connectivity index (χ2n) is 2.54. The summed E-state index contributed by atoms with van der Waals surface area (Å²) in [4.78, 5) is 0. The molecule has 0 amide bonds. The van der Waals surface area contributed by atoms with Crippen molar-refractivity contribution in [2.75, 3.05) is 0 Å². The van der Waals surface area contributed by atoms with E-state index in [2.05, 4.69) is 18.9 Å². The summed E-state index contributed by atoms with van der Waals surface area (Å²) in [5, 5.41) is 5.13. The standard InChI is InChI=1S/C8H13ClN2/c1-4-6-8(9)7(5-2)11(3)10-6/h4-5H2,1-3H3. The normalized spacial score (nSPS) is 10.5. The van der Waals surface area contributed by atoms with E-state index in [1.165, 1.54) is 0 Å². The maximum Gasteiger partial charge on any atom is 0.0849 e. The van der Waals surface area contributed by atoms with Crippen molar-refractivity contribution < 1.29 is 0 Å². The van der Waals surface area contributed by atoms with Gasteiger partial charge in [-0.1, -0.05) is 25.4 Å². The second-order valence-corrected chi connectivity index (χ2v) is 2.92. The van der Waals surface area contributed by atoms with Crippen molar-refractivity contribution in [1.82, 2.24) is 9.78 Å². The van der Waals surface area contributed by atoms with Crippen LogP contribution in [0.4, 0.5) is 0 Å². The maximum absolute atomic E-state index is 6.05. The molecule has 0 bridgehead atoms. The van der Waals surface area contributed by atoms with Crippen molar-refractivity contribution in [1.29, 1.82) is 0 Å². The molecule has 2 nitrogen and oxygen atoms in total. The molecular weight excluding hydrogens is 160 g/mol. The van der Waals surface area contributed by atoms with Crippen molar-refractivity contribution >= 4 is 11.6 Å². The molecule has 0 aliphatic carbocycles. The van der Waals surface area contributed by atoms with Gasteiger partial charge in [-0.3, -0.25) is 4.68 Å². The summed E-state index contributed by atoms with van der Waals surface area (Å²) in [6.45, 7) is 4.15. The maximum atomic E-state index is 6.05. The lowest BCUT2D eigenvalue weighted by Crippen LogP contribution is -1.96. The molecule has 0 spiro atoms. The lowest BCUT2D eigenvalue weighted by molar-refractivity contribution is 0.705. The van der Waals surface area contributed by atoms with Crippen molar-refractivity contribution in [2.45, 2.75) is 26.7 Å². The van der Waals surface area contributed by atoms with Crippen molar-refractivity contribution in [3.8, 4) is 0 Å². The van der Waals surface area contributed by atoms with E-state index in [-0.39, 0.29) is 0 Å². The summed E-state index contributed by atoms with van der Waals surface area (Å²) in [7, 11) is 1.93. The van der Waals surface area contributed by atoms with Gasteiger partial charge in [-0.05, 0) is 12.8 Å². The van der Waals surface area contributed by atoms with Gasteiger partial charge in [0, 0.05) is 7.05 Å². The molecule has 62 valence electrons. The van der Waals surface area contributed by atoms with Gasteiger partial charge >= 0.3 is 0 Å². The van der Waals surface area contributed by atoms with Crippen molar-refractivity contribution in [3.05, 3.63) is 16.4 Å². The highest BCUT2D eigenvalue weighted by Gasteiger charge is 2.09. The van der Waals surface area contributed by atoms with Crippen LogP contribution in [0.15, 0.2) is 0 Å². The lowest BCUT2D eigenvalue weighted by Gasteiger charge is -1.95. The fraction of sp³-hybridized carbons (Fsp3) is 0.625. The van der Waals surface area contributed by atoms with Gasteiger partial charge in [0.2, 0.25) is 0 Å². The smallest absolute Gasteiger partial charge is 0.0849 e. The van der Waals surface area contributed by atoms with Gasteiger partial charge in [0.1, 0.15) is 0 Å². The van der Waals surface area contributed by atoms with Gasteiger partial charge in [-0.15, -0.1) is 0 Å². The first-order valence-corrected chi connectivity index (χ1v) is 4.28. The molecule has 0 saturated heterocycles. The SMILES string of the molecule is CCc1nn(C)c(CC)c1Cl. The second kappa shape index (κ2) is 3.26. The van der Waals surface area contributed by atoms with Crippen molar-refractivity contribution in [3.63, 3.8) is 0 Å². The van der Waals surface area contributed by atoms with Crippen LogP contribution in [0.1, 0.15) is 25.2 Å². The monoisotopic (exact) mass is 172 g/mol. The van der Waals surface area contributed by atoms with E-state index in [9.17, 15) is 0 Å². The third-order valence-electron chi connectivity index (χ3n) is 1.84. The minimum absolute atomic E-state index is 0.845. The van der Waals surface area contributed by atoms with Gasteiger partial charge in [-0.25, -0.2) is 0 Å². The van der Waals surface area contributed by atoms with E-state index < -0.39 is 0 Å². The Morgan fingerprint density at radius 3 is 2.27 bits per heavy atom. The fourth-order valence-electron chi connectivity index (χ4n) is 1.20. The molecule has 1 rings (SSSR count). The Labute approximate surface area is 72.2 Å². The van der Waals surface area contributed by atoms with Crippen LogP contribution in [-0.4, -0.2) is 9.78 Å². The zero-order valence-electron chi connectivity index (χ0n) is 7.19. The molecule has 0 atom stereocenters. The topological polar surface area (TPSA) is 17.8 Å². The number of rotatable bonds is 2.